The van der Waals surface area contributed by atoms with Gasteiger partial charge in [-0.25, -0.2) is 9.97 Å². The van der Waals surface area contributed by atoms with E-state index >= 15 is 0 Å². The molecule has 0 spiro atoms. The summed E-state index contributed by atoms with van der Waals surface area (Å²) >= 11 is 0. The van der Waals surface area contributed by atoms with E-state index in [2.05, 4.69) is 41.0 Å². The third-order valence-electron chi connectivity index (χ3n) is 3.27. The summed E-state index contributed by atoms with van der Waals surface area (Å²) in [6.07, 6.45) is 2.33. The first-order valence-corrected chi connectivity index (χ1v) is 7.23. The fraction of sp³-hybridized carbons (Fsp3) is 0.438. The summed E-state index contributed by atoms with van der Waals surface area (Å²) in [4.78, 5) is 13.1. The van der Waals surface area contributed by atoms with Crippen LogP contribution in [0.4, 0.5) is 5.82 Å². The molecule has 2 aromatic heterocycles. The number of nitrogens with one attached hydrogen (secondary N) is 1. The van der Waals surface area contributed by atoms with E-state index in [0.717, 1.165) is 34.9 Å². The highest BCUT2D eigenvalue weighted by Gasteiger charge is 2.17. The van der Waals surface area contributed by atoms with E-state index in [9.17, 15) is 0 Å². The maximum atomic E-state index is 6.04. The van der Waals surface area contributed by atoms with Crippen LogP contribution in [0.1, 0.15) is 43.6 Å². The predicted molar refractivity (Wildman–Crippen MR) is 84.1 cm³/mol. The quantitative estimate of drug-likeness (QED) is 0.908. The monoisotopic (exact) mass is 286 g/mol. The Kier molecular flexibility index (Phi) is 4.73. The molecule has 0 saturated carbocycles. The van der Waals surface area contributed by atoms with Gasteiger partial charge in [-0.15, -0.1) is 0 Å². The molecule has 5 nitrogen and oxygen atoms in total. The number of aryl methyl sites for hydroxylation is 2. The van der Waals surface area contributed by atoms with E-state index in [1.54, 1.807) is 0 Å². The van der Waals surface area contributed by atoms with Crippen LogP contribution in [0.15, 0.2) is 18.5 Å². The van der Waals surface area contributed by atoms with Crippen molar-refractivity contribution in [3.05, 3.63) is 35.4 Å². The Balaban J connectivity index is 2.44. The van der Waals surface area contributed by atoms with Crippen molar-refractivity contribution in [2.45, 2.75) is 40.0 Å². The van der Waals surface area contributed by atoms with Crippen LogP contribution in [-0.4, -0.2) is 22.0 Å². The number of anilines is 1. The maximum absolute atomic E-state index is 6.04. The molecule has 0 radical (unpaired) electrons. The molecule has 0 aliphatic heterocycles. The molecule has 112 valence electrons. The van der Waals surface area contributed by atoms with Crippen LogP contribution >= 0.6 is 0 Å². The van der Waals surface area contributed by atoms with Crippen LogP contribution in [0.5, 0.6) is 11.6 Å². The fourth-order valence-corrected chi connectivity index (χ4v) is 2.23. The molecule has 0 unspecified atom stereocenters. The van der Waals surface area contributed by atoms with E-state index in [-0.39, 0.29) is 5.92 Å². The van der Waals surface area contributed by atoms with Crippen molar-refractivity contribution in [1.29, 1.82) is 0 Å². The van der Waals surface area contributed by atoms with Crippen LogP contribution in [0.2, 0.25) is 0 Å². The molecule has 1 N–H and O–H groups in total. The molecule has 2 rings (SSSR count). The van der Waals surface area contributed by atoms with Crippen molar-refractivity contribution < 1.29 is 4.74 Å². The van der Waals surface area contributed by atoms with Crippen LogP contribution in [0, 0.1) is 6.92 Å². The first-order chi connectivity index (χ1) is 10.1. The van der Waals surface area contributed by atoms with Crippen molar-refractivity contribution in [3.63, 3.8) is 0 Å². The van der Waals surface area contributed by atoms with Gasteiger partial charge in [0.1, 0.15) is 12.1 Å². The summed E-state index contributed by atoms with van der Waals surface area (Å²) in [5, 5.41) is 3.09. The molecule has 5 heteroatoms. The topological polar surface area (TPSA) is 59.9 Å². The van der Waals surface area contributed by atoms with Gasteiger partial charge >= 0.3 is 0 Å². The van der Waals surface area contributed by atoms with E-state index in [1.165, 1.54) is 6.33 Å². The summed E-state index contributed by atoms with van der Waals surface area (Å²) in [6.45, 7) is 8.24. The second kappa shape index (κ2) is 6.52. The number of pyridine rings is 1. The standard InChI is InChI=1S/C16H22N4O/c1-6-12-13(8-7-11(4)20-12)21-16-14(10(2)3)15(17-5)18-9-19-16/h7-10H,6H2,1-5H3,(H,17,18,19). The summed E-state index contributed by atoms with van der Waals surface area (Å²) in [5.41, 5.74) is 2.90. The van der Waals surface area contributed by atoms with Gasteiger partial charge < -0.3 is 10.1 Å². The first kappa shape index (κ1) is 15.2. The van der Waals surface area contributed by atoms with E-state index < -0.39 is 0 Å². The van der Waals surface area contributed by atoms with Crippen molar-refractivity contribution in [1.82, 2.24) is 15.0 Å². The molecule has 0 aliphatic rings. The van der Waals surface area contributed by atoms with Gasteiger partial charge in [-0.05, 0) is 31.4 Å². The Bertz CT molecular complexity index is 626. The number of hydrogen-bond donors (Lipinski definition) is 1. The minimum Gasteiger partial charge on any atom is -0.437 e. The molecule has 0 fully saturated rings. The molecule has 0 amide bonds. The zero-order valence-corrected chi connectivity index (χ0v) is 13.3. The second-order valence-electron chi connectivity index (χ2n) is 5.20. The Morgan fingerprint density at radius 3 is 2.62 bits per heavy atom. The zero-order chi connectivity index (χ0) is 15.4. The predicted octanol–water partition coefficient (Wildman–Crippen LogP) is 3.70. The maximum Gasteiger partial charge on any atom is 0.227 e. The summed E-state index contributed by atoms with van der Waals surface area (Å²) in [6, 6.07) is 3.90. The van der Waals surface area contributed by atoms with Crippen molar-refractivity contribution in [2.75, 3.05) is 12.4 Å². The molecule has 0 bridgehead atoms. The van der Waals surface area contributed by atoms with Gasteiger partial charge in [-0.2, -0.15) is 0 Å². The number of rotatable bonds is 5. The lowest BCUT2D eigenvalue weighted by Crippen LogP contribution is -2.05. The highest BCUT2D eigenvalue weighted by Crippen LogP contribution is 2.33. The van der Waals surface area contributed by atoms with Gasteiger partial charge in [0.2, 0.25) is 5.88 Å². The molecule has 0 aliphatic carbocycles. The van der Waals surface area contributed by atoms with Gasteiger partial charge in [-0.1, -0.05) is 20.8 Å². The van der Waals surface area contributed by atoms with Gasteiger partial charge in [0.05, 0.1) is 11.3 Å². The highest BCUT2D eigenvalue weighted by molar-refractivity contribution is 5.51. The largest absolute Gasteiger partial charge is 0.437 e. The molecule has 0 saturated heterocycles. The van der Waals surface area contributed by atoms with Gasteiger partial charge in [0.15, 0.2) is 5.75 Å². The van der Waals surface area contributed by atoms with E-state index in [0.29, 0.717) is 5.88 Å². The average molecular weight is 286 g/mol. The molecular weight excluding hydrogens is 264 g/mol. The smallest absolute Gasteiger partial charge is 0.227 e. The van der Waals surface area contributed by atoms with Crippen LogP contribution < -0.4 is 10.1 Å². The lowest BCUT2D eigenvalue weighted by Gasteiger charge is -2.16. The number of aromatic nitrogens is 3. The van der Waals surface area contributed by atoms with Gasteiger partial charge in [0.25, 0.3) is 0 Å². The Morgan fingerprint density at radius 2 is 2.00 bits per heavy atom. The number of hydrogen-bond acceptors (Lipinski definition) is 5. The Labute approximate surface area is 125 Å². The molecule has 0 aromatic carbocycles. The first-order valence-electron chi connectivity index (χ1n) is 7.23. The van der Waals surface area contributed by atoms with Crippen LogP contribution in [-0.2, 0) is 6.42 Å². The summed E-state index contributed by atoms with van der Waals surface area (Å²) < 4.78 is 6.04. The molecule has 0 atom stereocenters. The summed E-state index contributed by atoms with van der Waals surface area (Å²) in [7, 11) is 1.85. The van der Waals surface area contributed by atoms with E-state index in [4.69, 9.17) is 4.74 Å². The lowest BCUT2D eigenvalue weighted by atomic mass is 10.1. The summed E-state index contributed by atoms with van der Waals surface area (Å²) in [5.74, 6) is 2.40. The van der Waals surface area contributed by atoms with E-state index in [1.807, 2.05) is 26.1 Å². The minimum absolute atomic E-state index is 0.257. The van der Waals surface area contributed by atoms with Crippen LogP contribution in [0.3, 0.4) is 0 Å². The SMILES string of the molecule is CCc1nc(C)ccc1Oc1ncnc(NC)c1C(C)C. The highest BCUT2D eigenvalue weighted by atomic mass is 16.5. The second-order valence-corrected chi connectivity index (χ2v) is 5.20. The fourth-order valence-electron chi connectivity index (χ4n) is 2.23. The molecule has 21 heavy (non-hydrogen) atoms. The van der Waals surface area contributed by atoms with Gasteiger partial charge in [-0.3, -0.25) is 4.98 Å². The van der Waals surface area contributed by atoms with Crippen molar-refractivity contribution in [2.24, 2.45) is 0 Å². The number of ether oxygens (including phenoxy) is 1. The molecular formula is C16H22N4O. The van der Waals surface area contributed by atoms with Crippen molar-refractivity contribution in [3.8, 4) is 11.6 Å². The third kappa shape index (κ3) is 3.29. The number of nitrogens with zero attached hydrogens (tertiary/aromatic N) is 3. The normalized spacial score (nSPS) is 10.8. The molecule has 2 heterocycles. The van der Waals surface area contributed by atoms with Crippen LogP contribution in [0.25, 0.3) is 0 Å². The lowest BCUT2D eigenvalue weighted by molar-refractivity contribution is 0.443. The van der Waals surface area contributed by atoms with Gasteiger partial charge in [0, 0.05) is 12.7 Å². The minimum atomic E-state index is 0.257. The average Bonchev–Trinajstić information content (AvgIpc) is 2.48. The van der Waals surface area contributed by atoms with Crippen molar-refractivity contribution >= 4 is 5.82 Å². The Hall–Kier alpha value is -2.17. The Morgan fingerprint density at radius 1 is 1.24 bits per heavy atom. The third-order valence-corrected chi connectivity index (χ3v) is 3.27. The molecule has 2 aromatic rings. The zero-order valence-electron chi connectivity index (χ0n) is 13.3.